The minimum Gasteiger partial charge on any atom is -0.273 e. The molecule has 96 valence electrons. The van der Waals surface area contributed by atoms with E-state index in [1.807, 2.05) is 31.2 Å². The van der Waals surface area contributed by atoms with Crippen molar-refractivity contribution in [3.05, 3.63) is 41.7 Å². The minimum atomic E-state index is -0.0531. The molecule has 0 saturated heterocycles. The van der Waals surface area contributed by atoms with Crippen molar-refractivity contribution < 1.29 is 4.79 Å². The maximum Gasteiger partial charge on any atom is 0.238 e. The van der Waals surface area contributed by atoms with Crippen LogP contribution < -0.4 is 5.43 Å². The van der Waals surface area contributed by atoms with E-state index >= 15 is 0 Å². The van der Waals surface area contributed by atoms with Crippen molar-refractivity contribution >= 4 is 39.3 Å². The number of rotatable bonds is 2. The lowest BCUT2D eigenvalue weighted by Crippen LogP contribution is -2.21. The molecule has 19 heavy (non-hydrogen) atoms. The van der Waals surface area contributed by atoms with Gasteiger partial charge >= 0.3 is 0 Å². The molecule has 5 heteroatoms. The molecule has 3 aromatic rings. The van der Waals surface area contributed by atoms with Gasteiger partial charge < -0.3 is 0 Å². The van der Waals surface area contributed by atoms with Gasteiger partial charge in [0.15, 0.2) is 0 Å². The number of amides is 1. The van der Waals surface area contributed by atoms with Crippen LogP contribution in [0.4, 0.5) is 0 Å². The molecule has 0 aliphatic carbocycles. The van der Waals surface area contributed by atoms with E-state index in [0.29, 0.717) is 11.4 Å². The van der Waals surface area contributed by atoms with Gasteiger partial charge in [0.1, 0.15) is 0 Å². The third kappa shape index (κ3) is 1.94. The number of pyridine rings is 1. The summed E-state index contributed by atoms with van der Waals surface area (Å²) in [5.74, 6) is -0.0531. The van der Waals surface area contributed by atoms with E-state index in [0.717, 1.165) is 21.8 Å². The number of hydrogen-bond donors (Lipinski definition) is 1. The molecule has 0 spiro atoms. The van der Waals surface area contributed by atoms with Gasteiger partial charge in [-0.15, -0.1) is 0 Å². The maximum atomic E-state index is 11.7. The Morgan fingerprint density at radius 3 is 2.89 bits per heavy atom. The second-order valence-corrected chi connectivity index (χ2v) is 4.71. The highest BCUT2D eigenvalue weighted by atomic mass is 35.5. The van der Waals surface area contributed by atoms with Gasteiger partial charge in [0, 0.05) is 28.4 Å². The van der Waals surface area contributed by atoms with Gasteiger partial charge in [0.05, 0.1) is 17.2 Å². The molecule has 2 heterocycles. The van der Waals surface area contributed by atoms with Crippen LogP contribution in [0.3, 0.4) is 0 Å². The predicted octanol–water partition coefficient (Wildman–Crippen LogP) is 3.32. The topological polar surface area (TPSA) is 46.9 Å². The number of aromatic nitrogens is 2. The van der Waals surface area contributed by atoms with Crippen LogP contribution in [-0.2, 0) is 4.79 Å². The summed E-state index contributed by atoms with van der Waals surface area (Å²) >= 11 is 6.05. The summed E-state index contributed by atoms with van der Waals surface area (Å²) in [6, 6.07) is 7.57. The van der Waals surface area contributed by atoms with E-state index in [4.69, 9.17) is 11.6 Å². The molecular weight excluding hydrogens is 262 g/mol. The highest BCUT2D eigenvalue weighted by Crippen LogP contribution is 2.29. The first kappa shape index (κ1) is 12.0. The standard InChI is InChI=1S/C14H12ClN3O/c1-2-14(19)17-18-12-7-9(15)3-4-10(12)11-5-6-16-8-13(11)18/h3-8H,2H2,1H3,(H,17,19). The molecule has 0 bridgehead atoms. The van der Waals surface area contributed by atoms with Gasteiger partial charge in [-0.3, -0.25) is 19.9 Å². The quantitative estimate of drug-likeness (QED) is 0.778. The molecule has 0 aliphatic rings. The Bertz CT molecular complexity index is 779. The second kappa shape index (κ2) is 4.55. The molecule has 0 fully saturated rings. The lowest BCUT2D eigenvalue weighted by atomic mass is 10.2. The van der Waals surface area contributed by atoms with Gasteiger partial charge in [-0.25, -0.2) is 0 Å². The fourth-order valence-electron chi connectivity index (χ4n) is 2.16. The Kier molecular flexibility index (Phi) is 2.87. The van der Waals surface area contributed by atoms with Crippen molar-refractivity contribution in [3.63, 3.8) is 0 Å². The van der Waals surface area contributed by atoms with E-state index in [1.54, 1.807) is 17.1 Å². The summed E-state index contributed by atoms with van der Waals surface area (Å²) < 4.78 is 1.75. The van der Waals surface area contributed by atoms with E-state index in [2.05, 4.69) is 10.4 Å². The van der Waals surface area contributed by atoms with Crippen LogP contribution in [-0.4, -0.2) is 15.6 Å². The van der Waals surface area contributed by atoms with Gasteiger partial charge in [-0.05, 0) is 18.2 Å². The van der Waals surface area contributed by atoms with Crippen molar-refractivity contribution in [1.82, 2.24) is 9.66 Å². The van der Waals surface area contributed by atoms with Crippen LogP contribution in [0.15, 0.2) is 36.7 Å². The van der Waals surface area contributed by atoms with Crippen LogP contribution in [0, 0.1) is 0 Å². The lowest BCUT2D eigenvalue weighted by molar-refractivity contribution is -0.116. The first-order chi connectivity index (χ1) is 9.20. The Morgan fingerprint density at radius 2 is 2.11 bits per heavy atom. The molecule has 0 aliphatic heterocycles. The number of halogens is 1. The van der Waals surface area contributed by atoms with Crippen LogP contribution in [0.2, 0.25) is 5.02 Å². The van der Waals surface area contributed by atoms with E-state index in [1.165, 1.54) is 0 Å². The molecule has 1 aromatic carbocycles. The Balaban J connectivity index is 2.36. The number of fused-ring (bicyclic) bond motifs is 3. The van der Waals surface area contributed by atoms with Gasteiger partial charge in [-0.2, -0.15) is 0 Å². The summed E-state index contributed by atoms with van der Waals surface area (Å²) in [5.41, 5.74) is 4.60. The Morgan fingerprint density at radius 1 is 1.32 bits per heavy atom. The van der Waals surface area contributed by atoms with Crippen LogP contribution in [0.1, 0.15) is 13.3 Å². The molecule has 0 radical (unpaired) electrons. The molecule has 1 N–H and O–H groups in total. The van der Waals surface area contributed by atoms with Crippen LogP contribution >= 0.6 is 11.6 Å². The summed E-state index contributed by atoms with van der Waals surface area (Å²) in [5, 5.41) is 2.71. The SMILES string of the molecule is CCC(=O)Nn1c2cnccc2c2ccc(Cl)cc21. The zero-order chi connectivity index (χ0) is 13.4. The largest absolute Gasteiger partial charge is 0.273 e. The predicted molar refractivity (Wildman–Crippen MR) is 76.9 cm³/mol. The number of carbonyl (C=O) groups is 1. The van der Waals surface area contributed by atoms with E-state index in [-0.39, 0.29) is 5.91 Å². The third-order valence-electron chi connectivity index (χ3n) is 3.09. The number of carbonyl (C=O) groups excluding carboxylic acids is 1. The first-order valence-electron chi connectivity index (χ1n) is 6.04. The first-order valence-corrected chi connectivity index (χ1v) is 6.42. The molecule has 4 nitrogen and oxygen atoms in total. The normalized spacial score (nSPS) is 11.1. The van der Waals surface area contributed by atoms with Gasteiger partial charge in [0.2, 0.25) is 5.91 Å². The third-order valence-corrected chi connectivity index (χ3v) is 3.32. The Labute approximate surface area is 115 Å². The Hall–Kier alpha value is -2.07. The lowest BCUT2D eigenvalue weighted by Gasteiger charge is -2.08. The smallest absolute Gasteiger partial charge is 0.238 e. The average molecular weight is 274 g/mol. The monoisotopic (exact) mass is 273 g/mol. The van der Waals surface area contributed by atoms with Crippen LogP contribution in [0.25, 0.3) is 21.8 Å². The van der Waals surface area contributed by atoms with E-state index in [9.17, 15) is 4.79 Å². The molecule has 0 unspecified atom stereocenters. The number of nitrogens with zero attached hydrogens (tertiary/aromatic N) is 2. The molecule has 0 saturated carbocycles. The fourth-order valence-corrected chi connectivity index (χ4v) is 2.33. The second-order valence-electron chi connectivity index (χ2n) is 4.28. The van der Waals surface area contributed by atoms with Crippen molar-refractivity contribution in [3.8, 4) is 0 Å². The summed E-state index contributed by atoms with van der Waals surface area (Å²) in [6.07, 6.45) is 3.89. The summed E-state index contributed by atoms with van der Waals surface area (Å²) in [6.45, 7) is 1.81. The van der Waals surface area contributed by atoms with Crippen molar-refractivity contribution in [2.45, 2.75) is 13.3 Å². The number of benzene rings is 1. The number of nitrogens with one attached hydrogen (secondary N) is 1. The fraction of sp³-hybridized carbons (Fsp3) is 0.143. The van der Waals surface area contributed by atoms with Crippen LogP contribution in [0.5, 0.6) is 0 Å². The molecular formula is C14H12ClN3O. The molecule has 3 rings (SSSR count). The zero-order valence-electron chi connectivity index (χ0n) is 10.4. The highest BCUT2D eigenvalue weighted by molar-refractivity contribution is 6.31. The highest BCUT2D eigenvalue weighted by Gasteiger charge is 2.12. The van der Waals surface area contributed by atoms with Gasteiger partial charge in [-0.1, -0.05) is 24.6 Å². The van der Waals surface area contributed by atoms with Gasteiger partial charge in [0.25, 0.3) is 0 Å². The van der Waals surface area contributed by atoms with Crippen molar-refractivity contribution in [2.24, 2.45) is 0 Å². The number of hydrogen-bond acceptors (Lipinski definition) is 2. The molecule has 0 atom stereocenters. The maximum absolute atomic E-state index is 11.7. The molecule has 2 aromatic heterocycles. The minimum absolute atomic E-state index is 0.0531. The van der Waals surface area contributed by atoms with Crippen molar-refractivity contribution in [2.75, 3.05) is 5.43 Å². The molecule has 1 amide bonds. The average Bonchev–Trinajstić information content (AvgIpc) is 2.73. The summed E-state index contributed by atoms with van der Waals surface area (Å²) in [7, 11) is 0. The zero-order valence-corrected chi connectivity index (χ0v) is 11.1. The van der Waals surface area contributed by atoms with E-state index < -0.39 is 0 Å². The summed E-state index contributed by atoms with van der Waals surface area (Å²) in [4.78, 5) is 15.8. The van der Waals surface area contributed by atoms with Crippen molar-refractivity contribution in [1.29, 1.82) is 0 Å².